The molecule has 64 valence electrons. The quantitative estimate of drug-likeness (QED) is 0.520. The average molecular weight is 162 g/mol. The third-order valence-electron chi connectivity index (χ3n) is 1.39. The molecule has 11 heavy (non-hydrogen) atoms. The van der Waals surface area contributed by atoms with E-state index in [0.29, 0.717) is 0 Å². The summed E-state index contributed by atoms with van der Waals surface area (Å²) in [5.41, 5.74) is 0. The summed E-state index contributed by atoms with van der Waals surface area (Å²) in [6.45, 7) is 1.50. The number of rotatable bonds is 4. The Kier molecular flexibility index (Phi) is 3.53. The van der Waals surface area contributed by atoms with Crippen molar-refractivity contribution in [3.05, 3.63) is 0 Å². The summed E-state index contributed by atoms with van der Waals surface area (Å²) < 4.78 is 0. The molecular weight excluding hydrogens is 152 g/mol. The molecule has 0 amide bonds. The normalized spacial score (nSPS) is 15.5. The van der Waals surface area contributed by atoms with Crippen LogP contribution in [0.2, 0.25) is 0 Å². The van der Waals surface area contributed by atoms with Crippen LogP contribution in [0.1, 0.15) is 13.3 Å². The van der Waals surface area contributed by atoms with Crippen molar-refractivity contribution in [3.63, 3.8) is 0 Å². The second-order valence-corrected chi connectivity index (χ2v) is 2.14. The Hall–Kier alpha value is -1.10. The van der Waals surface area contributed by atoms with E-state index in [-0.39, 0.29) is 6.42 Å². The van der Waals surface area contributed by atoms with E-state index in [2.05, 4.69) is 0 Å². The fourth-order valence-corrected chi connectivity index (χ4v) is 0.705. The van der Waals surface area contributed by atoms with Crippen molar-refractivity contribution < 1.29 is 24.9 Å². The monoisotopic (exact) mass is 162 g/mol. The highest BCUT2D eigenvalue weighted by Crippen LogP contribution is 2.08. The summed E-state index contributed by atoms with van der Waals surface area (Å²) in [4.78, 5) is 20.3. The molecule has 0 aliphatic carbocycles. The predicted octanol–water partition coefficient (Wildman–Crippen LogP) is -0.457. The van der Waals surface area contributed by atoms with Crippen LogP contribution >= 0.6 is 0 Å². The Bertz CT molecular complexity index is 164. The average Bonchev–Trinajstić information content (AvgIpc) is 1.88. The molecule has 0 saturated heterocycles. The van der Waals surface area contributed by atoms with Gasteiger partial charge in [0.05, 0.1) is 5.92 Å². The molecule has 0 aromatic carbocycles. The Morgan fingerprint density at radius 2 is 1.73 bits per heavy atom. The Morgan fingerprint density at radius 1 is 1.27 bits per heavy atom. The van der Waals surface area contributed by atoms with Crippen molar-refractivity contribution in [3.8, 4) is 0 Å². The van der Waals surface area contributed by atoms with Gasteiger partial charge in [0.1, 0.15) is 0 Å². The molecule has 5 heteroatoms. The number of aliphatic hydroxyl groups excluding tert-OH is 1. The standard InChI is InChI=1S/C6H10O5/c1-2-3(5(8)9)4(7)6(10)11/h3-4,7H,2H2,1H3,(H,8,9)(H,10,11)/t3-,4-/m1/s1. The third kappa shape index (κ3) is 2.55. The molecule has 3 N–H and O–H groups in total. The molecule has 0 aromatic heterocycles. The molecule has 2 atom stereocenters. The van der Waals surface area contributed by atoms with Crippen LogP contribution in [0, 0.1) is 5.92 Å². The maximum Gasteiger partial charge on any atom is 0.333 e. The lowest BCUT2D eigenvalue weighted by molar-refractivity contribution is -0.159. The number of carboxylic acids is 2. The number of hydrogen-bond acceptors (Lipinski definition) is 3. The molecule has 0 saturated carbocycles. The Labute approximate surface area is 63.3 Å². The smallest absolute Gasteiger partial charge is 0.333 e. The van der Waals surface area contributed by atoms with Crippen LogP contribution < -0.4 is 0 Å². The van der Waals surface area contributed by atoms with Gasteiger partial charge in [-0.3, -0.25) is 4.79 Å². The van der Waals surface area contributed by atoms with Crippen LogP contribution in [-0.4, -0.2) is 33.4 Å². The van der Waals surface area contributed by atoms with Crippen molar-refractivity contribution in [2.24, 2.45) is 5.92 Å². The van der Waals surface area contributed by atoms with Gasteiger partial charge in [0.25, 0.3) is 0 Å². The van der Waals surface area contributed by atoms with E-state index in [1.54, 1.807) is 0 Å². The molecule has 0 aromatic rings. The SMILES string of the molecule is CC[C@@H](C(=O)O)[C@@H](O)C(=O)O. The first-order chi connectivity index (χ1) is 5.00. The first-order valence-corrected chi connectivity index (χ1v) is 3.14. The number of aliphatic carboxylic acids is 2. The van der Waals surface area contributed by atoms with Crippen LogP contribution in [0.3, 0.4) is 0 Å². The molecule has 0 aliphatic rings. The summed E-state index contributed by atoms with van der Waals surface area (Å²) in [5, 5.41) is 25.4. The lowest BCUT2D eigenvalue weighted by atomic mass is 10.0. The molecule has 0 fully saturated rings. The molecule has 0 spiro atoms. The Morgan fingerprint density at radius 3 is 1.82 bits per heavy atom. The zero-order chi connectivity index (χ0) is 9.02. The van der Waals surface area contributed by atoms with Gasteiger partial charge in [0, 0.05) is 0 Å². The lowest BCUT2D eigenvalue weighted by Gasteiger charge is -2.12. The largest absolute Gasteiger partial charge is 0.481 e. The van der Waals surface area contributed by atoms with Gasteiger partial charge in [-0.2, -0.15) is 0 Å². The van der Waals surface area contributed by atoms with Gasteiger partial charge in [-0.25, -0.2) is 4.79 Å². The minimum Gasteiger partial charge on any atom is -0.481 e. The van der Waals surface area contributed by atoms with Crippen molar-refractivity contribution in [2.75, 3.05) is 0 Å². The van der Waals surface area contributed by atoms with Gasteiger partial charge in [0.15, 0.2) is 6.10 Å². The van der Waals surface area contributed by atoms with Gasteiger partial charge in [-0.1, -0.05) is 6.92 Å². The first-order valence-electron chi connectivity index (χ1n) is 3.14. The van der Waals surface area contributed by atoms with E-state index in [1.807, 2.05) is 0 Å². The molecule has 0 bridgehead atoms. The third-order valence-corrected chi connectivity index (χ3v) is 1.39. The summed E-state index contributed by atoms with van der Waals surface area (Å²) in [7, 11) is 0. The fraction of sp³-hybridized carbons (Fsp3) is 0.667. The number of carboxylic acid groups (broad SMARTS) is 2. The van der Waals surface area contributed by atoms with Gasteiger partial charge < -0.3 is 15.3 Å². The molecule has 0 heterocycles. The van der Waals surface area contributed by atoms with Crippen molar-refractivity contribution >= 4 is 11.9 Å². The van der Waals surface area contributed by atoms with E-state index in [4.69, 9.17) is 15.3 Å². The first kappa shape index (κ1) is 9.90. The van der Waals surface area contributed by atoms with E-state index in [0.717, 1.165) is 0 Å². The van der Waals surface area contributed by atoms with E-state index < -0.39 is 24.0 Å². The lowest BCUT2D eigenvalue weighted by Crippen LogP contribution is -2.34. The van der Waals surface area contributed by atoms with Gasteiger partial charge >= 0.3 is 11.9 Å². The molecule has 0 radical (unpaired) electrons. The minimum atomic E-state index is -1.81. The molecular formula is C6H10O5. The predicted molar refractivity (Wildman–Crippen MR) is 35.1 cm³/mol. The summed E-state index contributed by atoms with van der Waals surface area (Å²) in [5.74, 6) is -4.01. The summed E-state index contributed by atoms with van der Waals surface area (Å²) in [6.07, 6.45) is -1.71. The summed E-state index contributed by atoms with van der Waals surface area (Å²) >= 11 is 0. The highest BCUT2D eigenvalue weighted by atomic mass is 16.4. The molecule has 0 aliphatic heterocycles. The van der Waals surface area contributed by atoms with Gasteiger partial charge in [-0.15, -0.1) is 0 Å². The van der Waals surface area contributed by atoms with Gasteiger partial charge in [0.2, 0.25) is 0 Å². The summed E-state index contributed by atoms with van der Waals surface area (Å²) in [6, 6.07) is 0. The topological polar surface area (TPSA) is 94.8 Å². The van der Waals surface area contributed by atoms with Crippen molar-refractivity contribution in [2.45, 2.75) is 19.4 Å². The van der Waals surface area contributed by atoms with Crippen LogP contribution in [0.4, 0.5) is 0 Å². The van der Waals surface area contributed by atoms with E-state index in [9.17, 15) is 9.59 Å². The molecule has 0 rings (SSSR count). The number of carbonyl (C=O) groups is 2. The van der Waals surface area contributed by atoms with Crippen LogP contribution in [-0.2, 0) is 9.59 Å². The maximum absolute atomic E-state index is 10.3. The van der Waals surface area contributed by atoms with Crippen LogP contribution in [0.5, 0.6) is 0 Å². The van der Waals surface area contributed by atoms with Crippen molar-refractivity contribution in [1.82, 2.24) is 0 Å². The van der Waals surface area contributed by atoms with Crippen LogP contribution in [0.25, 0.3) is 0 Å². The minimum absolute atomic E-state index is 0.100. The number of aliphatic hydroxyl groups is 1. The highest BCUT2D eigenvalue weighted by Gasteiger charge is 2.29. The zero-order valence-electron chi connectivity index (χ0n) is 6.02. The fourth-order valence-electron chi connectivity index (χ4n) is 0.705. The highest BCUT2D eigenvalue weighted by molar-refractivity contribution is 5.81. The van der Waals surface area contributed by atoms with E-state index >= 15 is 0 Å². The second kappa shape index (κ2) is 3.92. The number of hydrogen-bond donors (Lipinski definition) is 3. The van der Waals surface area contributed by atoms with E-state index in [1.165, 1.54) is 6.92 Å². The second-order valence-electron chi connectivity index (χ2n) is 2.14. The van der Waals surface area contributed by atoms with Crippen LogP contribution in [0.15, 0.2) is 0 Å². The molecule has 0 unspecified atom stereocenters. The Balaban J connectivity index is 4.25. The maximum atomic E-state index is 10.3. The zero-order valence-corrected chi connectivity index (χ0v) is 6.02. The van der Waals surface area contributed by atoms with Crippen molar-refractivity contribution in [1.29, 1.82) is 0 Å². The molecule has 5 nitrogen and oxygen atoms in total. The van der Waals surface area contributed by atoms with Gasteiger partial charge in [-0.05, 0) is 6.42 Å².